The van der Waals surface area contributed by atoms with Gasteiger partial charge in [0.2, 0.25) is 0 Å². The summed E-state index contributed by atoms with van der Waals surface area (Å²) in [5.74, 6) is 3.18. The maximum Gasteiger partial charge on any atom is 0.333 e. The average Bonchev–Trinajstić information content (AvgIpc) is 2.31. The van der Waals surface area contributed by atoms with Crippen molar-refractivity contribution in [1.82, 2.24) is 0 Å². The van der Waals surface area contributed by atoms with Crippen LogP contribution in [0.2, 0.25) is 0 Å². The average molecular weight is 248 g/mol. The van der Waals surface area contributed by atoms with Gasteiger partial charge in [0, 0.05) is 5.57 Å². The topological polar surface area (TPSA) is 26.3 Å². The maximum atomic E-state index is 12.1. The largest absolute Gasteiger partial charge is 0.458 e. The van der Waals surface area contributed by atoms with E-state index < -0.39 is 0 Å². The highest BCUT2D eigenvalue weighted by atomic mass is 16.5. The van der Waals surface area contributed by atoms with Gasteiger partial charge in [-0.05, 0) is 61.7 Å². The monoisotopic (exact) mass is 248 g/mol. The first-order valence-corrected chi connectivity index (χ1v) is 7.44. The second-order valence-electron chi connectivity index (χ2n) is 6.98. The van der Waals surface area contributed by atoms with E-state index in [9.17, 15) is 4.79 Å². The number of carbonyl (C=O) groups excluding carboxylic acids is 1. The molecular weight excluding hydrogens is 224 g/mol. The normalized spacial score (nSPS) is 41.2. The van der Waals surface area contributed by atoms with Gasteiger partial charge in [0.15, 0.2) is 0 Å². The molecule has 100 valence electrons. The van der Waals surface area contributed by atoms with E-state index in [1.165, 1.54) is 32.1 Å². The molecular formula is C16H24O2. The number of rotatable bonds is 3. The standard InChI is InChI=1S/C16H24O2/c1-9(2)10(3)16(17)18-15-13-5-11-4-12(7-13)8-14(15)6-11/h9,11-15H,3-8H2,1-2H3. The predicted molar refractivity (Wildman–Crippen MR) is 70.9 cm³/mol. The summed E-state index contributed by atoms with van der Waals surface area (Å²) in [5, 5.41) is 0. The Morgan fingerprint density at radius 2 is 1.56 bits per heavy atom. The summed E-state index contributed by atoms with van der Waals surface area (Å²) in [6.45, 7) is 7.86. The first-order chi connectivity index (χ1) is 8.54. The maximum absolute atomic E-state index is 12.1. The quantitative estimate of drug-likeness (QED) is 0.564. The third kappa shape index (κ3) is 2.00. The highest BCUT2D eigenvalue weighted by Crippen LogP contribution is 2.54. The molecule has 4 saturated carbocycles. The van der Waals surface area contributed by atoms with Crippen molar-refractivity contribution in [2.24, 2.45) is 29.6 Å². The van der Waals surface area contributed by atoms with E-state index in [0.29, 0.717) is 17.4 Å². The Morgan fingerprint density at radius 1 is 1.06 bits per heavy atom. The fourth-order valence-corrected chi connectivity index (χ4v) is 4.50. The van der Waals surface area contributed by atoms with Gasteiger partial charge in [0.25, 0.3) is 0 Å². The summed E-state index contributed by atoms with van der Waals surface area (Å²) in [6.07, 6.45) is 6.80. The molecule has 2 nitrogen and oxygen atoms in total. The van der Waals surface area contributed by atoms with Crippen LogP contribution in [0.4, 0.5) is 0 Å². The molecule has 0 aromatic carbocycles. The molecule has 4 fully saturated rings. The molecule has 0 heterocycles. The Bertz CT molecular complexity index is 341. The van der Waals surface area contributed by atoms with Crippen LogP contribution >= 0.6 is 0 Å². The Morgan fingerprint density at radius 3 is 2.00 bits per heavy atom. The van der Waals surface area contributed by atoms with E-state index >= 15 is 0 Å². The fourth-order valence-electron chi connectivity index (χ4n) is 4.50. The molecule has 0 unspecified atom stereocenters. The molecule has 4 aliphatic rings. The van der Waals surface area contributed by atoms with Crippen molar-refractivity contribution < 1.29 is 9.53 Å². The van der Waals surface area contributed by atoms with Gasteiger partial charge >= 0.3 is 5.97 Å². The number of esters is 1. The lowest BCUT2D eigenvalue weighted by molar-refractivity contribution is -0.166. The lowest BCUT2D eigenvalue weighted by Gasteiger charge is -2.53. The van der Waals surface area contributed by atoms with Gasteiger partial charge in [-0.1, -0.05) is 20.4 Å². The minimum absolute atomic E-state index is 0.150. The van der Waals surface area contributed by atoms with Crippen molar-refractivity contribution in [3.63, 3.8) is 0 Å². The summed E-state index contributed by atoms with van der Waals surface area (Å²) in [5.41, 5.74) is 0.629. The highest BCUT2D eigenvalue weighted by Gasteiger charge is 2.49. The van der Waals surface area contributed by atoms with Crippen LogP contribution in [-0.2, 0) is 9.53 Å². The van der Waals surface area contributed by atoms with Crippen molar-refractivity contribution in [3.05, 3.63) is 12.2 Å². The molecule has 0 aromatic heterocycles. The van der Waals surface area contributed by atoms with Crippen LogP contribution in [0.15, 0.2) is 12.2 Å². The zero-order valence-electron chi connectivity index (χ0n) is 11.5. The zero-order chi connectivity index (χ0) is 12.9. The van der Waals surface area contributed by atoms with E-state index in [1.807, 2.05) is 13.8 Å². The Hall–Kier alpha value is -0.790. The van der Waals surface area contributed by atoms with E-state index in [-0.39, 0.29) is 18.0 Å². The lowest BCUT2D eigenvalue weighted by Crippen LogP contribution is -2.50. The van der Waals surface area contributed by atoms with Gasteiger partial charge in [-0.2, -0.15) is 0 Å². The third-order valence-electron chi connectivity index (χ3n) is 5.34. The zero-order valence-corrected chi connectivity index (χ0v) is 11.5. The fraction of sp³-hybridized carbons (Fsp3) is 0.812. The Balaban J connectivity index is 1.67. The number of hydrogen-bond donors (Lipinski definition) is 0. The van der Waals surface area contributed by atoms with Crippen LogP contribution in [-0.4, -0.2) is 12.1 Å². The lowest BCUT2D eigenvalue weighted by atomic mass is 9.55. The molecule has 4 aliphatic carbocycles. The molecule has 0 atom stereocenters. The SMILES string of the molecule is C=C(C(=O)OC1C2CC3CC(C2)CC1C3)C(C)C. The molecule has 0 spiro atoms. The van der Waals surface area contributed by atoms with Gasteiger partial charge in [-0.15, -0.1) is 0 Å². The molecule has 0 amide bonds. The number of ether oxygens (including phenoxy) is 1. The van der Waals surface area contributed by atoms with Crippen molar-refractivity contribution in [3.8, 4) is 0 Å². The third-order valence-corrected chi connectivity index (χ3v) is 5.34. The number of hydrogen-bond acceptors (Lipinski definition) is 2. The Kier molecular flexibility index (Phi) is 2.99. The molecule has 4 rings (SSSR count). The summed E-state index contributed by atoms with van der Waals surface area (Å²) in [7, 11) is 0. The summed E-state index contributed by atoms with van der Waals surface area (Å²) in [6, 6.07) is 0. The highest BCUT2D eigenvalue weighted by molar-refractivity contribution is 5.88. The minimum Gasteiger partial charge on any atom is -0.458 e. The second kappa shape index (κ2) is 4.40. The molecule has 4 bridgehead atoms. The van der Waals surface area contributed by atoms with Crippen LogP contribution in [0.5, 0.6) is 0 Å². The van der Waals surface area contributed by atoms with Crippen LogP contribution in [0.25, 0.3) is 0 Å². The van der Waals surface area contributed by atoms with Gasteiger partial charge in [-0.25, -0.2) is 4.79 Å². The minimum atomic E-state index is -0.150. The molecule has 0 aromatic rings. The van der Waals surface area contributed by atoms with Gasteiger partial charge < -0.3 is 4.74 Å². The predicted octanol–water partition coefficient (Wildman–Crippen LogP) is 3.57. The van der Waals surface area contributed by atoms with Crippen molar-refractivity contribution in [2.45, 2.75) is 52.1 Å². The molecule has 0 saturated heterocycles. The molecule has 0 radical (unpaired) electrons. The van der Waals surface area contributed by atoms with E-state index in [4.69, 9.17) is 4.74 Å². The molecule has 2 heteroatoms. The molecule has 0 N–H and O–H groups in total. The second-order valence-corrected chi connectivity index (χ2v) is 6.98. The first kappa shape index (κ1) is 12.3. The summed E-state index contributed by atoms with van der Waals surface area (Å²) >= 11 is 0. The van der Waals surface area contributed by atoms with Crippen LogP contribution in [0.3, 0.4) is 0 Å². The smallest absolute Gasteiger partial charge is 0.333 e. The van der Waals surface area contributed by atoms with Crippen molar-refractivity contribution in [1.29, 1.82) is 0 Å². The van der Waals surface area contributed by atoms with Gasteiger partial charge in [-0.3, -0.25) is 0 Å². The summed E-state index contributed by atoms with van der Waals surface area (Å²) < 4.78 is 5.81. The van der Waals surface area contributed by atoms with Crippen LogP contribution < -0.4 is 0 Å². The summed E-state index contributed by atoms with van der Waals surface area (Å²) in [4.78, 5) is 12.1. The van der Waals surface area contributed by atoms with Gasteiger partial charge in [0.05, 0.1) is 0 Å². The molecule has 0 aliphatic heterocycles. The first-order valence-electron chi connectivity index (χ1n) is 7.44. The van der Waals surface area contributed by atoms with E-state index in [1.54, 1.807) is 0 Å². The van der Waals surface area contributed by atoms with Crippen molar-refractivity contribution >= 4 is 5.97 Å². The van der Waals surface area contributed by atoms with Crippen molar-refractivity contribution in [2.75, 3.05) is 0 Å². The van der Waals surface area contributed by atoms with E-state index in [2.05, 4.69) is 6.58 Å². The van der Waals surface area contributed by atoms with E-state index in [0.717, 1.165) is 11.8 Å². The van der Waals surface area contributed by atoms with Crippen LogP contribution in [0, 0.1) is 29.6 Å². The van der Waals surface area contributed by atoms with Crippen LogP contribution in [0.1, 0.15) is 46.0 Å². The Labute approximate surface area is 110 Å². The number of carbonyl (C=O) groups is 1. The van der Waals surface area contributed by atoms with Gasteiger partial charge in [0.1, 0.15) is 6.10 Å². The molecule has 18 heavy (non-hydrogen) atoms.